The predicted octanol–water partition coefficient (Wildman–Crippen LogP) is 2.45. The molecule has 0 aliphatic carbocycles. The van der Waals surface area contributed by atoms with Gasteiger partial charge in [0.25, 0.3) is 0 Å². The number of hydrogen-bond acceptors (Lipinski definition) is 4. The van der Waals surface area contributed by atoms with Crippen LogP contribution >= 0.6 is 0 Å². The summed E-state index contributed by atoms with van der Waals surface area (Å²) in [4.78, 5) is 14.3. The lowest BCUT2D eigenvalue weighted by Crippen LogP contribution is -2.39. The van der Waals surface area contributed by atoms with Crippen molar-refractivity contribution in [2.24, 2.45) is 0 Å². The fourth-order valence-corrected chi connectivity index (χ4v) is 4.14. The standard InChI is InChI=1S/C18H19NO4S/c1-23-15-8-4-9-16(12-15)24(21,22)13-18(20)19-11-5-7-14-6-2-3-10-17(14)19/h2-4,6,8-10,12H,5,7,11,13H2,1H3. The third kappa shape index (κ3) is 3.28. The van der Waals surface area contributed by atoms with Gasteiger partial charge in [-0.3, -0.25) is 4.79 Å². The van der Waals surface area contributed by atoms with Gasteiger partial charge in [0.1, 0.15) is 11.5 Å². The second kappa shape index (κ2) is 6.65. The van der Waals surface area contributed by atoms with Gasteiger partial charge in [-0.1, -0.05) is 24.3 Å². The number of sulfone groups is 1. The largest absolute Gasteiger partial charge is 0.497 e. The number of benzene rings is 2. The molecule has 0 fully saturated rings. The van der Waals surface area contributed by atoms with Crippen LogP contribution in [0, 0.1) is 0 Å². The average molecular weight is 345 g/mol. The van der Waals surface area contributed by atoms with E-state index in [1.807, 2.05) is 24.3 Å². The Hall–Kier alpha value is -2.34. The first-order valence-corrected chi connectivity index (χ1v) is 9.41. The number of methoxy groups -OCH3 is 1. The van der Waals surface area contributed by atoms with Crippen LogP contribution in [0.5, 0.6) is 5.75 Å². The molecular weight excluding hydrogens is 326 g/mol. The van der Waals surface area contributed by atoms with Gasteiger partial charge in [-0.2, -0.15) is 0 Å². The van der Waals surface area contributed by atoms with E-state index in [1.165, 1.54) is 19.2 Å². The van der Waals surface area contributed by atoms with Crippen LogP contribution in [0.3, 0.4) is 0 Å². The summed E-state index contributed by atoms with van der Waals surface area (Å²) in [5.41, 5.74) is 1.89. The minimum absolute atomic E-state index is 0.0977. The monoisotopic (exact) mass is 345 g/mol. The van der Waals surface area contributed by atoms with Gasteiger partial charge in [-0.15, -0.1) is 0 Å². The molecule has 0 bridgehead atoms. The number of rotatable bonds is 4. The summed E-state index contributed by atoms with van der Waals surface area (Å²) in [7, 11) is -2.24. The van der Waals surface area contributed by atoms with E-state index in [2.05, 4.69) is 0 Å². The zero-order chi connectivity index (χ0) is 17.2. The summed E-state index contributed by atoms with van der Waals surface area (Å²) >= 11 is 0. The molecule has 24 heavy (non-hydrogen) atoms. The van der Waals surface area contributed by atoms with Crippen molar-refractivity contribution in [1.29, 1.82) is 0 Å². The number of anilines is 1. The maximum Gasteiger partial charge on any atom is 0.242 e. The van der Waals surface area contributed by atoms with E-state index in [-0.39, 0.29) is 4.90 Å². The molecular formula is C18H19NO4S. The van der Waals surface area contributed by atoms with Crippen molar-refractivity contribution in [3.8, 4) is 5.75 Å². The van der Waals surface area contributed by atoms with Crippen molar-refractivity contribution >= 4 is 21.4 Å². The highest BCUT2D eigenvalue weighted by molar-refractivity contribution is 7.92. The van der Waals surface area contributed by atoms with E-state index in [0.717, 1.165) is 24.1 Å². The van der Waals surface area contributed by atoms with E-state index in [9.17, 15) is 13.2 Å². The van der Waals surface area contributed by atoms with Crippen molar-refractivity contribution in [3.63, 3.8) is 0 Å². The van der Waals surface area contributed by atoms with Crippen LogP contribution in [0.1, 0.15) is 12.0 Å². The zero-order valence-electron chi connectivity index (χ0n) is 13.4. The Morgan fingerprint density at radius 1 is 1.17 bits per heavy atom. The van der Waals surface area contributed by atoms with Crippen LogP contribution in [-0.4, -0.2) is 33.7 Å². The lowest BCUT2D eigenvalue weighted by Gasteiger charge is -2.29. The lowest BCUT2D eigenvalue weighted by atomic mass is 10.0. The van der Waals surface area contributed by atoms with Crippen molar-refractivity contribution in [2.75, 3.05) is 24.3 Å². The predicted molar refractivity (Wildman–Crippen MR) is 92.2 cm³/mol. The summed E-state index contributed by atoms with van der Waals surface area (Å²) in [6.45, 7) is 0.545. The van der Waals surface area contributed by atoms with Crippen molar-refractivity contribution < 1.29 is 17.9 Å². The molecule has 1 amide bonds. The number of amides is 1. The Bertz CT molecular complexity index is 861. The summed E-state index contributed by atoms with van der Waals surface area (Å²) in [5.74, 6) is -0.495. The molecule has 0 radical (unpaired) electrons. The Balaban J connectivity index is 1.84. The second-order valence-electron chi connectivity index (χ2n) is 5.72. The number of nitrogens with zero attached hydrogens (tertiary/aromatic N) is 1. The van der Waals surface area contributed by atoms with Crippen LogP contribution in [-0.2, 0) is 21.1 Å². The van der Waals surface area contributed by atoms with Gasteiger partial charge < -0.3 is 9.64 Å². The molecule has 126 valence electrons. The SMILES string of the molecule is COc1cccc(S(=O)(=O)CC(=O)N2CCCc3ccccc32)c1. The average Bonchev–Trinajstić information content (AvgIpc) is 2.61. The molecule has 0 N–H and O–H groups in total. The molecule has 0 atom stereocenters. The molecule has 2 aromatic carbocycles. The molecule has 0 saturated heterocycles. The third-order valence-corrected chi connectivity index (χ3v) is 5.72. The Morgan fingerprint density at radius 3 is 2.75 bits per heavy atom. The number of fused-ring (bicyclic) bond motifs is 1. The second-order valence-corrected chi connectivity index (χ2v) is 7.71. The smallest absolute Gasteiger partial charge is 0.242 e. The quantitative estimate of drug-likeness (QED) is 0.854. The van der Waals surface area contributed by atoms with Crippen LogP contribution in [0.15, 0.2) is 53.4 Å². The van der Waals surface area contributed by atoms with Crippen LogP contribution in [0.25, 0.3) is 0 Å². The third-order valence-electron chi connectivity index (χ3n) is 4.13. The molecule has 6 heteroatoms. The summed E-state index contributed by atoms with van der Waals surface area (Å²) in [6.07, 6.45) is 1.74. The van der Waals surface area contributed by atoms with E-state index in [0.29, 0.717) is 12.3 Å². The van der Waals surface area contributed by atoms with Crippen LogP contribution in [0.2, 0.25) is 0 Å². The topological polar surface area (TPSA) is 63.7 Å². The van der Waals surface area contributed by atoms with Gasteiger partial charge in [0.15, 0.2) is 9.84 Å². The maximum absolute atomic E-state index is 12.6. The zero-order valence-corrected chi connectivity index (χ0v) is 14.3. The van der Waals surface area contributed by atoms with Gasteiger partial charge in [-0.25, -0.2) is 8.42 Å². The molecule has 1 aliphatic heterocycles. The highest BCUT2D eigenvalue weighted by Crippen LogP contribution is 2.27. The highest BCUT2D eigenvalue weighted by Gasteiger charge is 2.27. The van der Waals surface area contributed by atoms with E-state index >= 15 is 0 Å². The lowest BCUT2D eigenvalue weighted by molar-refractivity contribution is -0.116. The fourth-order valence-electron chi connectivity index (χ4n) is 2.91. The summed E-state index contributed by atoms with van der Waals surface area (Å²) < 4.78 is 30.2. The summed E-state index contributed by atoms with van der Waals surface area (Å²) in [6, 6.07) is 13.8. The Morgan fingerprint density at radius 2 is 1.96 bits per heavy atom. The minimum atomic E-state index is -3.72. The number of aryl methyl sites for hydroxylation is 1. The molecule has 0 saturated carbocycles. The Labute approximate surface area is 141 Å². The Kier molecular flexibility index (Phi) is 4.57. The first kappa shape index (κ1) is 16.5. The number of carbonyl (C=O) groups excluding carboxylic acids is 1. The number of carbonyl (C=O) groups is 1. The molecule has 1 aliphatic rings. The van der Waals surface area contributed by atoms with Crippen molar-refractivity contribution in [3.05, 3.63) is 54.1 Å². The van der Waals surface area contributed by atoms with Crippen LogP contribution in [0.4, 0.5) is 5.69 Å². The summed E-state index contributed by atoms with van der Waals surface area (Å²) in [5, 5.41) is 0. The molecule has 0 unspecified atom stereocenters. The number of ether oxygens (including phenoxy) is 1. The van der Waals surface area contributed by atoms with Crippen LogP contribution < -0.4 is 9.64 Å². The first-order valence-electron chi connectivity index (χ1n) is 7.76. The molecule has 0 aromatic heterocycles. The van der Waals surface area contributed by atoms with E-state index in [4.69, 9.17) is 4.74 Å². The fraction of sp³-hybridized carbons (Fsp3) is 0.278. The molecule has 3 rings (SSSR count). The number of hydrogen-bond donors (Lipinski definition) is 0. The van der Waals surface area contributed by atoms with E-state index in [1.54, 1.807) is 17.0 Å². The van der Waals surface area contributed by atoms with Gasteiger partial charge in [-0.05, 0) is 42.7 Å². The maximum atomic E-state index is 12.6. The van der Waals surface area contributed by atoms with Crippen molar-refractivity contribution in [2.45, 2.75) is 17.7 Å². The van der Waals surface area contributed by atoms with Gasteiger partial charge in [0, 0.05) is 12.2 Å². The normalized spacial score (nSPS) is 14.1. The molecule has 2 aromatic rings. The number of para-hydroxylation sites is 1. The molecule has 0 spiro atoms. The minimum Gasteiger partial charge on any atom is -0.497 e. The van der Waals surface area contributed by atoms with Gasteiger partial charge in [0.05, 0.1) is 12.0 Å². The van der Waals surface area contributed by atoms with Gasteiger partial charge in [0.2, 0.25) is 5.91 Å². The van der Waals surface area contributed by atoms with E-state index < -0.39 is 21.5 Å². The highest BCUT2D eigenvalue weighted by atomic mass is 32.2. The molecule has 1 heterocycles. The van der Waals surface area contributed by atoms with Crippen molar-refractivity contribution in [1.82, 2.24) is 0 Å². The molecule has 5 nitrogen and oxygen atoms in total. The first-order chi connectivity index (χ1) is 11.5. The van der Waals surface area contributed by atoms with Gasteiger partial charge >= 0.3 is 0 Å².